The molecular weight excluding hydrogens is 400 g/mol. The second-order valence-corrected chi connectivity index (χ2v) is 8.84. The average Bonchev–Trinajstić information content (AvgIpc) is 3.21. The Hall–Kier alpha value is -2.86. The van der Waals surface area contributed by atoms with Crippen LogP contribution in [0.5, 0.6) is 0 Å². The fourth-order valence-corrected chi connectivity index (χ4v) is 4.68. The Kier molecular flexibility index (Phi) is 6.80. The van der Waals surface area contributed by atoms with E-state index in [-0.39, 0.29) is 24.2 Å². The minimum Gasteiger partial charge on any atom is -0.369 e. The van der Waals surface area contributed by atoms with Crippen LogP contribution in [-0.2, 0) is 16.0 Å². The van der Waals surface area contributed by atoms with Gasteiger partial charge in [0, 0.05) is 56.2 Å². The van der Waals surface area contributed by atoms with Gasteiger partial charge in [-0.2, -0.15) is 0 Å². The highest BCUT2D eigenvalue weighted by atomic mass is 16.2. The van der Waals surface area contributed by atoms with E-state index in [4.69, 9.17) is 0 Å². The van der Waals surface area contributed by atoms with E-state index >= 15 is 0 Å². The van der Waals surface area contributed by atoms with Crippen LogP contribution in [0.2, 0.25) is 0 Å². The number of anilines is 3. The van der Waals surface area contributed by atoms with E-state index in [2.05, 4.69) is 42.0 Å². The zero-order valence-corrected chi connectivity index (χ0v) is 19.4. The normalized spacial score (nSPS) is 19.5. The fraction of sp³-hybridized carbons (Fsp3) is 0.462. The molecule has 1 N–H and O–H groups in total. The minimum absolute atomic E-state index is 0.00662. The number of rotatable bonds is 6. The van der Waals surface area contributed by atoms with Crippen LogP contribution >= 0.6 is 0 Å². The summed E-state index contributed by atoms with van der Waals surface area (Å²) in [5, 5.41) is 3.04. The molecular formula is C26H34N4O2. The Morgan fingerprint density at radius 2 is 1.75 bits per heavy atom. The number of nitrogens with one attached hydrogen (secondary N) is 1. The average molecular weight is 435 g/mol. The molecule has 0 spiro atoms. The van der Waals surface area contributed by atoms with E-state index in [1.54, 1.807) is 4.90 Å². The molecule has 1 atom stereocenters. The van der Waals surface area contributed by atoms with E-state index in [1.807, 2.05) is 36.4 Å². The molecule has 170 valence electrons. The van der Waals surface area contributed by atoms with Crippen molar-refractivity contribution >= 4 is 28.9 Å². The van der Waals surface area contributed by atoms with Crippen molar-refractivity contribution in [1.29, 1.82) is 0 Å². The van der Waals surface area contributed by atoms with Gasteiger partial charge < -0.3 is 20.0 Å². The van der Waals surface area contributed by atoms with Crippen LogP contribution in [0.15, 0.2) is 42.5 Å². The summed E-state index contributed by atoms with van der Waals surface area (Å²) in [4.78, 5) is 32.1. The van der Waals surface area contributed by atoms with E-state index in [0.29, 0.717) is 6.54 Å². The highest BCUT2D eigenvalue weighted by Crippen LogP contribution is 2.28. The van der Waals surface area contributed by atoms with Gasteiger partial charge in [0.1, 0.15) is 0 Å². The molecule has 2 aliphatic heterocycles. The number of benzene rings is 2. The topological polar surface area (TPSA) is 55.9 Å². The SMILES string of the molecule is CCc1ccc(N2CC(C(=O)Nc3ccc(N4CCN(CC)CC4)c(C)c3)CC2=O)cc1. The maximum absolute atomic E-state index is 12.9. The van der Waals surface area contributed by atoms with Gasteiger partial charge >= 0.3 is 0 Å². The molecule has 0 bridgehead atoms. The summed E-state index contributed by atoms with van der Waals surface area (Å²) in [6.07, 6.45) is 1.21. The van der Waals surface area contributed by atoms with Gasteiger partial charge in [0.05, 0.1) is 5.92 Å². The number of likely N-dealkylation sites (N-methyl/N-ethyl adjacent to an activating group) is 1. The summed E-state index contributed by atoms with van der Waals surface area (Å²) < 4.78 is 0. The number of aryl methyl sites for hydroxylation is 2. The highest BCUT2D eigenvalue weighted by Gasteiger charge is 2.35. The van der Waals surface area contributed by atoms with Crippen molar-refractivity contribution in [3.05, 3.63) is 53.6 Å². The first-order valence-electron chi connectivity index (χ1n) is 11.8. The first-order valence-corrected chi connectivity index (χ1v) is 11.8. The third-order valence-corrected chi connectivity index (χ3v) is 6.78. The fourth-order valence-electron chi connectivity index (χ4n) is 4.68. The smallest absolute Gasteiger partial charge is 0.229 e. The molecule has 2 amide bonds. The Morgan fingerprint density at radius 1 is 1.03 bits per heavy atom. The summed E-state index contributed by atoms with van der Waals surface area (Å²) >= 11 is 0. The van der Waals surface area contributed by atoms with Crippen LogP contribution in [0.3, 0.4) is 0 Å². The maximum atomic E-state index is 12.9. The first-order chi connectivity index (χ1) is 15.5. The van der Waals surface area contributed by atoms with E-state index in [1.165, 1.54) is 11.3 Å². The molecule has 2 aliphatic rings. The lowest BCUT2D eigenvalue weighted by atomic mass is 10.1. The molecule has 2 fully saturated rings. The van der Waals surface area contributed by atoms with Crippen LogP contribution in [0, 0.1) is 12.8 Å². The third-order valence-electron chi connectivity index (χ3n) is 6.78. The van der Waals surface area contributed by atoms with Gasteiger partial charge in [-0.25, -0.2) is 0 Å². The minimum atomic E-state index is -0.338. The number of hydrogen-bond donors (Lipinski definition) is 1. The molecule has 4 rings (SSSR count). The summed E-state index contributed by atoms with van der Waals surface area (Å²) in [6, 6.07) is 14.2. The summed E-state index contributed by atoms with van der Waals surface area (Å²) in [6.45, 7) is 12.2. The van der Waals surface area contributed by atoms with Gasteiger partial charge in [0.15, 0.2) is 0 Å². The second kappa shape index (κ2) is 9.74. The Bertz CT molecular complexity index is 964. The Labute approximate surface area is 191 Å². The lowest BCUT2D eigenvalue weighted by Crippen LogP contribution is -2.46. The number of amides is 2. The third kappa shape index (κ3) is 4.80. The molecule has 2 aromatic carbocycles. The van der Waals surface area contributed by atoms with Crippen molar-refractivity contribution in [2.75, 3.05) is 54.4 Å². The maximum Gasteiger partial charge on any atom is 0.229 e. The van der Waals surface area contributed by atoms with Gasteiger partial charge in [-0.05, 0) is 61.3 Å². The zero-order valence-electron chi connectivity index (χ0n) is 19.4. The Morgan fingerprint density at radius 3 is 2.38 bits per heavy atom. The number of hydrogen-bond acceptors (Lipinski definition) is 4. The molecule has 6 heteroatoms. The van der Waals surface area contributed by atoms with Crippen LogP contribution in [0.4, 0.5) is 17.1 Å². The second-order valence-electron chi connectivity index (χ2n) is 8.84. The summed E-state index contributed by atoms with van der Waals surface area (Å²) in [7, 11) is 0. The van der Waals surface area contributed by atoms with Gasteiger partial charge in [0.25, 0.3) is 0 Å². The van der Waals surface area contributed by atoms with Crippen LogP contribution in [-0.4, -0.2) is 56.0 Å². The lowest BCUT2D eigenvalue weighted by Gasteiger charge is -2.36. The lowest BCUT2D eigenvalue weighted by molar-refractivity contribution is -0.122. The largest absolute Gasteiger partial charge is 0.369 e. The quantitative estimate of drug-likeness (QED) is 0.753. The van der Waals surface area contributed by atoms with Gasteiger partial charge in [-0.15, -0.1) is 0 Å². The van der Waals surface area contributed by atoms with Gasteiger partial charge in [0.2, 0.25) is 11.8 Å². The van der Waals surface area contributed by atoms with Crippen LogP contribution in [0.1, 0.15) is 31.4 Å². The van der Waals surface area contributed by atoms with Crippen molar-refractivity contribution in [3.63, 3.8) is 0 Å². The molecule has 2 aromatic rings. The van der Waals surface area contributed by atoms with Crippen LogP contribution < -0.4 is 15.1 Å². The molecule has 2 saturated heterocycles. The molecule has 0 radical (unpaired) electrons. The van der Waals surface area contributed by atoms with Crippen LogP contribution in [0.25, 0.3) is 0 Å². The van der Waals surface area contributed by atoms with Gasteiger partial charge in [-0.3, -0.25) is 9.59 Å². The predicted molar refractivity (Wildman–Crippen MR) is 130 cm³/mol. The molecule has 0 aliphatic carbocycles. The van der Waals surface area contributed by atoms with E-state index < -0.39 is 0 Å². The molecule has 6 nitrogen and oxygen atoms in total. The number of nitrogens with zero attached hydrogens (tertiary/aromatic N) is 3. The molecule has 32 heavy (non-hydrogen) atoms. The number of piperazine rings is 1. The highest BCUT2D eigenvalue weighted by molar-refractivity contribution is 6.03. The standard InChI is InChI=1S/C26H34N4O2/c1-4-20-6-9-23(10-7-20)30-18-21(17-25(30)31)26(32)27-22-8-11-24(19(3)16-22)29-14-12-28(5-2)13-15-29/h6-11,16,21H,4-5,12-15,17-18H2,1-3H3,(H,27,32). The molecule has 0 saturated carbocycles. The van der Waals surface area contributed by atoms with Gasteiger partial charge in [-0.1, -0.05) is 26.0 Å². The molecule has 0 aromatic heterocycles. The zero-order chi connectivity index (χ0) is 22.7. The molecule has 1 unspecified atom stereocenters. The first kappa shape index (κ1) is 22.3. The van der Waals surface area contributed by atoms with E-state index in [0.717, 1.165) is 56.1 Å². The van der Waals surface area contributed by atoms with Crippen molar-refractivity contribution in [1.82, 2.24) is 4.90 Å². The predicted octanol–water partition coefficient (Wildman–Crippen LogP) is 3.69. The Balaban J connectivity index is 1.37. The summed E-state index contributed by atoms with van der Waals surface area (Å²) in [5.41, 5.74) is 5.29. The molecule has 2 heterocycles. The number of carbonyl (C=O) groups excluding carboxylic acids is 2. The summed E-state index contributed by atoms with van der Waals surface area (Å²) in [5.74, 6) is -0.419. The van der Waals surface area contributed by atoms with Crippen molar-refractivity contribution in [3.8, 4) is 0 Å². The van der Waals surface area contributed by atoms with Crippen molar-refractivity contribution in [2.24, 2.45) is 5.92 Å². The monoisotopic (exact) mass is 434 g/mol. The van der Waals surface area contributed by atoms with Crippen molar-refractivity contribution in [2.45, 2.75) is 33.6 Å². The number of carbonyl (C=O) groups is 2. The van der Waals surface area contributed by atoms with E-state index in [9.17, 15) is 9.59 Å². The van der Waals surface area contributed by atoms with Crippen molar-refractivity contribution < 1.29 is 9.59 Å².